The van der Waals surface area contributed by atoms with Crippen molar-refractivity contribution in [3.8, 4) is 0 Å². The first kappa shape index (κ1) is 11.8. The number of hydrogen-bond donors (Lipinski definition) is 0. The van der Waals surface area contributed by atoms with Gasteiger partial charge in [0.1, 0.15) is 0 Å². The summed E-state index contributed by atoms with van der Waals surface area (Å²) < 4.78 is 25.2. The van der Waals surface area contributed by atoms with Crippen LogP contribution in [0.15, 0.2) is 0 Å². The second kappa shape index (κ2) is 4.75. The van der Waals surface area contributed by atoms with E-state index in [9.17, 15) is 8.78 Å². The SMILES string of the molecule is CC.CC1CCC(F)(F)CN1C. The molecule has 74 valence electrons. The zero-order chi connectivity index (χ0) is 9.78. The molecule has 3 heteroatoms. The fraction of sp³-hybridized carbons (Fsp3) is 1.00. The zero-order valence-electron chi connectivity index (χ0n) is 8.40. The van der Waals surface area contributed by atoms with Gasteiger partial charge in [-0.15, -0.1) is 0 Å². The van der Waals surface area contributed by atoms with Crippen molar-refractivity contribution in [1.29, 1.82) is 0 Å². The van der Waals surface area contributed by atoms with Crippen LogP contribution in [0.25, 0.3) is 0 Å². The summed E-state index contributed by atoms with van der Waals surface area (Å²) in [5.74, 6) is -2.44. The molecule has 1 aliphatic rings. The maximum absolute atomic E-state index is 12.6. The van der Waals surface area contributed by atoms with Gasteiger partial charge < -0.3 is 0 Å². The van der Waals surface area contributed by atoms with Crippen LogP contribution in [-0.2, 0) is 0 Å². The largest absolute Gasteiger partial charge is 0.298 e. The van der Waals surface area contributed by atoms with E-state index in [-0.39, 0.29) is 13.0 Å². The summed E-state index contributed by atoms with van der Waals surface area (Å²) in [7, 11) is 1.75. The molecule has 1 unspecified atom stereocenters. The fourth-order valence-corrected chi connectivity index (χ4v) is 1.24. The average molecular weight is 179 g/mol. The molecule has 1 atom stereocenters. The molecule has 0 aromatic rings. The Labute approximate surface area is 73.7 Å². The van der Waals surface area contributed by atoms with Crippen LogP contribution in [0.1, 0.15) is 33.6 Å². The van der Waals surface area contributed by atoms with E-state index in [1.54, 1.807) is 11.9 Å². The van der Waals surface area contributed by atoms with Crippen molar-refractivity contribution in [1.82, 2.24) is 4.90 Å². The molecule has 12 heavy (non-hydrogen) atoms. The highest BCUT2D eigenvalue weighted by Gasteiger charge is 2.36. The molecule has 1 rings (SSSR count). The molecule has 1 saturated heterocycles. The summed E-state index contributed by atoms with van der Waals surface area (Å²) in [6.07, 6.45) is 0.669. The summed E-state index contributed by atoms with van der Waals surface area (Å²) >= 11 is 0. The molecule has 0 aliphatic carbocycles. The minimum atomic E-state index is -2.44. The Morgan fingerprint density at radius 2 is 1.83 bits per heavy atom. The van der Waals surface area contributed by atoms with E-state index in [1.165, 1.54) is 0 Å². The number of likely N-dealkylation sites (tertiary alicyclic amines) is 1. The van der Waals surface area contributed by atoms with E-state index in [0.717, 1.165) is 0 Å². The fourth-order valence-electron chi connectivity index (χ4n) is 1.24. The van der Waals surface area contributed by atoms with Crippen molar-refractivity contribution in [2.45, 2.75) is 45.6 Å². The number of piperidine rings is 1. The molecule has 0 N–H and O–H groups in total. The van der Waals surface area contributed by atoms with Gasteiger partial charge in [0.25, 0.3) is 5.92 Å². The first-order valence-electron chi connectivity index (χ1n) is 4.59. The van der Waals surface area contributed by atoms with Crippen LogP contribution in [0.2, 0.25) is 0 Å². The lowest BCUT2D eigenvalue weighted by Crippen LogP contribution is -2.45. The second-order valence-corrected chi connectivity index (χ2v) is 3.16. The van der Waals surface area contributed by atoms with Gasteiger partial charge in [0.15, 0.2) is 0 Å². The first-order valence-corrected chi connectivity index (χ1v) is 4.59. The Balaban J connectivity index is 0.000000561. The standard InChI is InChI=1S/C7H13F2N.C2H6/c1-6-3-4-7(8,9)5-10(6)2;1-2/h6H,3-5H2,1-2H3;1-2H3. The van der Waals surface area contributed by atoms with Gasteiger partial charge in [-0.05, 0) is 20.4 Å². The Bertz CT molecular complexity index is 126. The van der Waals surface area contributed by atoms with E-state index in [2.05, 4.69) is 0 Å². The topological polar surface area (TPSA) is 3.24 Å². The predicted molar refractivity (Wildman–Crippen MR) is 47.6 cm³/mol. The van der Waals surface area contributed by atoms with E-state index in [0.29, 0.717) is 12.5 Å². The Kier molecular flexibility index (Phi) is 4.68. The van der Waals surface area contributed by atoms with Crippen LogP contribution in [0, 0.1) is 0 Å². The first-order chi connectivity index (χ1) is 5.51. The van der Waals surface area contributed by atoms with Crippen molar-refractivity contribution in [2.24, 2.45) is 0 Å². The van der Waals surface area contributed by atoms with E-state index < -0.39 is 5.92 Å². The van der Waals surface area contributed by atoms with Crippen molar-refractivity contribution in [3.05, 3.63) is 0 Å². The van der Waals surface area contributed by atoms with Gasteiger partial charge >= 0.3 is 0 Å². The number of alkyl halides is 2. The second-order valence-electron chi connectivity index (χ2n) is 3.16. The number of hydrogen-bond acceptors (Lipinski definition) is 1. The maximum atomic E-state index is 12.6. The Morgan fingerprint density at radius 3 is 2.17 bits per heavy atom. The van der Waals surface area contributed by atoms with Gasteiger partial charge in [0.2, 0.25) is 0 Å². The normalized spacial score (nSPS) is 29.0. The highest BCUT2D eigenvalue weighted by molar-refractivity contribution is 4.81. The number of rotatable bonds is 0. The van der Waals surface area contributed by atoms with Gasteiger partial charge in [0, 0.05) is 12.5 Å². The lowest BCUT2D eigenvalue weighted by molar-refractivity contribution is -0.0718. The lowest BCUT2D eigenvalue weighted by Gasteiger charge is -2.34. The highest BCUT2D eigenvalue weighted by Crippen LogP contribution is 2.28. The lowest BCUT2D eigenvalue weighted by atomic mass is 10.0. The predicted octanol–water partition coefficient (Wildman–Crippen LogP) is 2.76. The third-order valence-electron chi connectivity index (χ3n) is 2.16. The van der Waals surface area contributed by atoms with Crippen LogP contribution < -0.4 is 0 Å². The third-order valence-corrected chi connectivity index (χ3v) is 2.16. The van der Waals surface area contributed by atoms with Gasteiger partial charge in [-0.3, -0.25) is 4.90 Å². The van der Waals surface area contributed by atoms with Crippen LogP contribution in [0.5, 0.6) is 0 Å². The van der Waals surface area contributed by atoms with E-state index in [4.69, 9.17) is 0 Å². The summed E-state index contributed by atoms with van der Waals surface area (Å²) in [4.78, 5) is 1.71. The molecule has 0 spiro atoms. The molecule has 0 amide bonds. The molecule has 0 bridgehead atoms. The van der Waals surface area contributed by atoms with Gasteiger partial charge in [0.05, 0.1) is 6.54 Å². The monoisotopic (exact) mass is 179 g/mol. The molecule has 0 aromatic heterocycles. The summed E-state index contributed by atoms with van der Waals surface area (Å²) in [5, 5.41) is 0. The number of halogens is 2. The minimum absolute atomic E-state index is 0.0541. The molecular weight excluding hydrogens is 160 g/mol. The van der Waals surface area contributed by atoms with Crippen molar-refractivity contribution in [3.63, 3.8) is 0 Å². The van der Waals surface area contributed by atoms with Crippen LogP contribution >= 0.6 is 0 Å². The molecule has 1 fully saturated rings. The third kappa shape index (κ3) is 3.48. The molecule has 0 aromatic carbocycles. The number of nitrogens with zero attached hydrogens (tertiary/aromatic N) is 1. The van der Waals surface area contributed by atoms with Crippen LogP contribution in [0.4, 0.5) is 8.78 Å². The molecule has 0 saturated carbocycles. The summed E-state index contributed by atoms with van der Waals surface area (Å²) in [6, 6.07) is 0.319. The highest BCUT2D eigenvalue weighted by atomic mass is 19.3. The molecule has 1 heterocycles. The smallest absolute Gasteiger partial charge is 0.260 e. The molecule has 1 aliphatic heterocycles. The van der Waals surface area contributed by atoms with Crippen molar-refractivity contribution in [2.75, 3.05) is 13.6 Å². The van der Waals surface area contributed by atoms with Gasteiger partial charge in [-0.1, -0.05) is 13.8 Å². The maximum Gasteiger partial charge on any atom is 0.260 e. The molecule has 1 nitrogen and oxygen atoms in total. The zero-order valence-corrected chi connectivity index (χ0v) is 8.40. The summed E-state index contributed by atoms with van der Waals surface area (Å²) in [5.41, 5.74) is 0. The quantitative estimate of drug-likeness (QED) is 0.552. The summed E-state index contributed by atoms with van der Waals surface area (Å²) in [6.45, 7) is 5.91. The van der Waals surface area contributed by atoms with Crippen molar-refractivity contribution < 1.29 is 8.78 Å². The Hall–Kier alpha value is -0.180. The van der Waals surface area contributed by atoms with Crippen LogP contribution in [-0.4, -0.2) is 30.5 Å². The van der Waals surface area contributed by atoms with Gasteiger partial charge in [-0.2, -0.15) is 0 Å². The van der Waals surface area contributed by atoms with Crippen molar-refractivity contribution >= 4 is 0 Å². The molecule has 0 radical (unpaired) electrons. The Morgan fingerprint density at radius 1 is 1.33 bits per heavy atom. The van der Waals surface area contributed by atoms with Gasteiger partial charge in [-0.25, -0.2) is 8.78 Å². The minimum Gasteiger partial charge on any atom is -0.298 e. The van der Waals surface area contributed by atoms with E-state index in [1.807, 2.05) is 20.8 Å². The molecular formula is C9H19F2N. The van der Waals surface area contributed by atoms with E-state index >= 15 is 0 Å². The van der Waals surface area contributed by atoms with Crippen LogP contribution in [0.3, 0.4) is 0 Å². The average Bonchev–Trinajstić information content (AvgIpc) is 2.01.